The average Bonchev–Trinajstić information content (AvgIpc) is 2.41. The Labute approximate surface area is 114 Å². The van der Waals surface area contributed by atoms with E-state index in [1.807, 2.05) is 30.5 Å². The Morgan fingerprint density at radius 1 is 1.28 bits per heavy atom. The maximum atomic E-state index is 12.3. The fourth-order valence-corrected chi connectivity index (χ4v) is 3.20. The Morgan fingerprint density at radius 3 is 2.72 bits per heavy atom. The molecule has 1 aliphatic carbocycles. The Balaban J connectivity index is 2.07. The van der Waals surface area contributed by atoms with E-state index in [9.17, 15) is 4.79 Å². The van der Waals surface area contributed by atoms with Crippen molar-refractivity contribution in [2.75, 3.05) is 6.26 Å². The van der Waals surface area contributed by atoms with Gasteiger partial charge in [0.15, 0.2) is 0 Å². The minimum absolute atomic E-state index is 0.0821. The molecular formula is C15H21NOS. The summed E-state index contributed by atoms with van der Waals surface area (Å²) in [5.41, 5.74) is 0.808. The van der Waals surface area contributed by atoms with Crippen LogP contribution in [-0.4, -0.2) is 18.2 Å². The predicted octanol–water partition coefficient (Wildman–Crippen LogP) is 3.72. The second kappa shape index (κ2) is 6.28. The lowest BCUT2D eigenvalue weighted by Crippen LogP contribution is -2.41. The Bertz CT molecular complexity index is 419. The van der Waals surface area contributed by atoms with Gasteiger partial charge in [0, 0.05) is 10.9 Å². The molecule has 1 aromatic carbocycles. The molecule has 1 amide bonds. The molecule has 18 heavy (non-hydrogen) atoms. The predicted molar refractivity (Wildman–Crippen MR) is 77.1 cm³/mol. The van der Waals surface area contributed by atoms with Gasteiger partial charge >= 0.3 is 0 Å². The average molecular weight is 263 g/mol. The zero-order valence-corrected chi connectivity index (χ0v) is 11.9. The highest BCUT2D eigenvalue weighted by atomic mass is 32.2. The van der Waals surface area contributed by atoms with Crippen molar-refractivity contribution in [3.63, 3.8) is 0 Å². The first-order chi connectivity index (χ1) is 8.72. The highest BCUT2D eigenvalue weighted by molar-refractivity contribution is 7.98. The number of carbonyl (C=O) groups excluding carboxylic acids is 1. The molecule has 1 aliphatic rings. The van der Waals surface area contributed by atoms with Crippen molar-refractivity contribution in [3.05, 3.63) is 29.8 Å². The van der Waals surface area contributed by atoms with Crippen molar-refractivity contribution >= 4 is 17.7 Å². The maximum Gasteiger partial charge on any atom is 0.252 e. The van der Waals surface area contributed by atoms with Crippen LogP contribution in [0.5, 0.6) is 0 Å². The molecule has 3 heteroatoms. The van der Waals surface area contributed by atoms with Crippen LogP contribution in [0.1, 0.15) is 43.0 Å². The van der Waals surface area contributed by atoms with E-state index in [4.69, 9.17) is 0 Å². The largest absolute Gasteiger partial charge is 0.349 e. The second-order valence-electron chi connectivity index (χ2n) is 5.04. The minimum atomic E-state index is 0.0821. The highest BCUT2D eigenvalue weighted by Gasteiger charge is 2.23. The molecule has 1 fully saturated rings. The van der Waals surface area contributed by atoms with E-state index >= 15 is 0 Å². The smallest absolute Gasteiger partial charge is 0.252 e. The standard InChI is InChI=1S/C15H21NOS/c1-11-7-3-5-9-13(11)16-15(17)12-8-4-6-10-14(12)18-2/h4,6,8,10-11,13H,3,5,7,9H2,1-2H3,(H,16,17). The van der Waals surface area contributed by atoms with E-state index in [0.717, 1.165) is 16.9 Å². The van der Waals surface area contributed by atoms with Crippen LogP contribution in [0, 0.1) is 5.92 Å². The van der Waals surface area contributed by atoms with Gasteiger partial charge in [0.25, 0.3) is 5.91 Å². The fraction of sp³-hybridized carbons (Fsp3) is 0.533. The molecule has 2 atom stereocenters. The molecule has 98 valence electrons. The fourth-order valence-electron chi connectivity index (χ4n) is 2.61. The number of amides is 1. The summed E-state index contributed by atoms with van der Waals surface area (Å²) in [7, 11) is 0. The molecule has 0 aromatic heterocycles. The van der Waals surface area contributed by atoms with E-state index in [-0.39, 0.29) is 5.91 Å². The molecule has 2 unspecified atom stereocenters. The molecule has 0 spiro atoms. The summed E-state index contributed by atoms with van der Waals surface area (Å²) in [5, 5.41) is 3.21. The van der Waals surface area contributed by atoms with Crippen LogP contribution in [-0.2, 0) is 0 Å². The van der Waals surface area contributed by atoms with Crippen LogP contribution in [0.15, 0.2) is 29.2 Å². The third kappa shape index (κ3) is 3.08. The molecule has 0 heterocycles. The quantitative estimate of drug-likeness (QED) is 0.842. The van der Waals surface area contributed by atoms with Crippen LogP contribution in [0.25, 0.3) is 0 Å². The van der Waals surface area contributed by atoms with Gasteiger partial charge in [-0.3, -0.25) is 4.79 Å². The van der Waals surface area contributed by atoms with Crippen LogP contribution in [0.2, 0.25) is 0 Å². The lowest BCUT2D eigenvalue weighted by molar-refractivity contribution is 0.0907. The van der Waals surface area contributed by atoms with Crippen LogP contribution in [0.4, 0.5) is 0 Å². The van der Waals surface area contributed by atoms with E-state index < -0.39 is 0 Å². The van der Waals surface area contributed by atoms with Crippen molar-refractivity contribution in [2.24, 2.45) is 5.92 Å². The number of benzene rings is 1. The van der Waals surface area contributed by atoms with Crippen LogP contribution in [0.3, 0.4) is 0 Å². The van der Waals surface area contributed by atoms with E-state index in [1.54, 1.807) is 11.8 Å². The van der Waals surface area contributed by atoms with Crippen molar-refractivity contribution in [1.29, 1.82) is 0 Å². The zero-order valence-electron chi connectivity index (χ0n) is 11.1. The van der Waals surface area contributed by atoms with Gasteiger partial charge in [-0.1, -0.05) is 31.9 Å². The third-order valence-corrected chi connectivity index (χ3v) is 4.58. The van der Waals surface area contributed by atoms with Crippen LogP contribution < -0.4 is 5.32 Å². The van der Waals surface area contributed by atoms with Gasteiger partial charge in [0.1, 0.15) is 0 Å². The van der Waals surface area contributed by atoms with Gasteiger partial charge < -0.3 is 5.32 Å². The monoisotopic (exact) mass is 263 g/mol. The minimum Gasteiger partial charge on any atom is -0.349 e. The summed E-state index contributed by atoms with van der Waals surface area (Å²) in [4.78, 5) is 13.4. The second-order valence-corrected chi connectivity index (χ2v) is 5.89. The third-order valence-electron chi connectivity index (χ3n) is 3.78. The molecule has 1 N–H and O–H groups in total. The summed E-state index contributed by atoms with van der Waals surface area (Å²) >= 11 is 1.63. The van der Waals surface area contributed by atoms with Gasteiger partial charge in [-0.25, -0.2) is 0 Å². The summed E-state index contributed by atoms with van der Waals surface area (Å²) < 4.78 is 0. The van der Waals surface area contributed by atoms with Crippen molar-refractivity contribution in [1.82, 2.24) is 5.32 Å². The molecule has 1 aromatic rings. The zero-order chi connectivity index (χ0) is 13.0. The molecule has 2 nitrogen and oxygen atoms in total. The summed E-state index contributed by atoms with van der Waals surface area (Å²) in [5.74, 6) is 0.683. The summed E-state index contributed by atoms with van der Waals surface area (Å²) in [6, 6.07) is 8.17. The maximum absolute atomic E-state index is 12.3. The first-order valence-corrected chi connectivity index (χ1v) is 7.88. The van der Waals surface area contributed by atoms with Crippen molar-refractivity contribution < 1.29 is 4.79 Å². The first kappa shape index (κ1) is 13.5. The Hall–Kier alpha value is -0.960. The first-order valence-electron chi connectivity index (χ1n) is 6.66. The van der Waals surface area contributed by atoms with Crippen molar-refractivity contribution in [3.8, 4) is 0 Å². The lowest BCUT2D eigenvalue weighted by atomic mass is 9.86. The summed E-state index contributed by atoms with van der Waals surface area (Å²) in [6.45, 7) is 2.24. The number of rotatable bonds is 3. The number of hydrogen-bond donors (Lipinski definition) is 1. The van der Waals surface area contributed by atoms with Crippen molar-refractivity contribution in [2.45, 2.75) is 43.5 Å². The normalized spacial score (nSPS) is 23.7. The molecule has 0 bridgehead atoms. The molecule has 1 saturated carbocycles. The molecule has 2 rings (SSSR count). The number of nitrogens with one attached hydrogen (secondary N) is 1. The van der Waals surface area contributed by atoms with E-state index in [2.05, 4.69) is 12.2 Å². The molecule has 0 radical (unpaired) electrons. The molecule has 0 aliphatic heterocycles. The lowest BCUT2D eigenvalue weighted by Gasteiger charge is -2.29. The SMILES string of the molecule is CSc1ccccc1C(=O)NC1CCCCC1C. The summed E-state index contributed by atoms with van der Waals surface area (Å²) in [6.07, 6.45) is 6.90. The van der Waals surface area contributed by atoms with Gasteiger partial charge in [0.2, 0.25) is 0 Å². The molecular weight excluding hydrogens is 242 g/mol. The Morgan fingerprint density at radius 2 is 2.00 bits per heavy atom. The van der Waals surface area contributed by atoms with E-state index in [1.165, 1.54) is 19.3 Å². The van der Waals surface area contributed by atoms with E-state index in [0.29, 0.717) is 12.0 Å². The van der Waals surface area contributed by atoms with Crippen LogP contribution >= 0.6 is 11.8 Å². The van der Waals surface area contributed by atoms with Gasteiger partial charge in [-0.2, -0.15) is 0 Å². The number of carbonyl (C=O) groups is 1. The van der Waals surface area contributed by atoms with Gasteiger partial charge in [-0.05, 0) is 37.1 Å². The number of thioether (sulfide) groups is 1. The van der Waals surface area contributed by atoms with Gasteiger partial charge in [-0.15, -0.1) is 11.8 Å². The number of hydrogen-bond acceptors (Lipinski definition) is 2. The molecule has 0 saturated heterocycles. The van der Waals surface area contributed by atoms with Gasteiger partial charge in [0.05, 0.1) is 5.56 Å². The topological polar surface area (TPSA) is 29.1 Å². The highest BCUT2D eigenvalue weighted by Crippen LogP contribution is 2.25. The Kier molecular flexibility index (Phi) is 4.70.